The second-order valence-corrected chi connectivity index (χ2v) is 6.06. The van der Waals surface area contributed by atoms with Crippen LogP contribution in [-0.2, 0) is 16.0 Å². The highest BCUT2D eigenvalue weighted by atomic mass is 16.2. The van der Waals surface area contributed by atoms with E-state index in [9.17, 15) is 9.59 Å². The lowest BCUT2D eigenvalue weighted by Crippen LogP contribution is -2.50. The topological polar surface area (TPSA) is 49.4 Å². The van der Waals surface area contributed by atoms with Gasteiger partial charge in [-0.3, -0.25) is 9.59 Å². The highest BCUT2D eigenvalue weighted by molar-refractivity contribution is 5.89. The standard InChI is InChI=1S/C16H18N2O2/c19-13-9-18(8-7-17-13)16(20)15-12-6-5-10-3-1-2-4-11(10)14(12)15/h1-4,12,14-15H,5-9H2,(H,17,19). The van der Waals surface area contributed by atoms with Gasteiger partial charge in [0.25, 0.3) is 0 Å². The van der Waals surface area contributed by atoms with Gasteiger partial charge in [0.1, 0.15) is 0 Å². The third kappa shape index (κ3) is 1.74. The summed E-state index contributed by atoms with van der Waals surface area (Å²) >= 11 is 0. The number of piperazine rings is 1. The van der Waals surface area contributed by atoms with E-state index in [0.29, 0.717) is 24.9 Å². The normalized spacial score (nSPS) is 31.1. The highest BCUT2D eigenvalue weighted by Gasteiger charge is 2.58. The van der Waals surface area contributed by atoms with Gasteiger partial charge in [0, 0.05) is 19.0 Å². The number of hydrogen-bond acceptors (Lipinski definition) is 2. The molecule has 2 aliphatic carbocycles. The second-order valence-electron chi connectivity index (χ2n) is 6.06. The first kappa shape index (κ1) is 11.9. The minimum absolute atomic E-state index is 0.0337. The fraction of sp³-hybridized carbons (Fsp3) is 0.500. The number of rotatable bonds is 1. The molecular formula is C16H18N2O2. The lowest BCUT2D eigenvalue weighted by molar-refractivity contribution is -0.139. The molecule has 2 amide bonds. The second kappa shape index (κ2) is 4.33. The fourth-order valence-corrected chi connectivity index (χ4v) is 3.94. The van der Waals surface area contributed by atoms with Gasteiger partial charge in [0.2, 0.25) is 11.8 Å². The van der Waals surface area contributed by atoms with Crippen LogP contribution in [-0.4, -0.2) is 36.3 Å². The van der Waals surface area contributed by atoms with E-state index >= 15 is 0 Å². The number of carbonyl (C=O) groups excluding carboxylic acids is 2. The maximum Gasteiger partial charge on any atom is 0.239 e. The Morgan fingerprint density at radius 3 is 3.00 bits per heavy atom. The molecule has 20 heavy (non-hydrogen) atoms. The minimum Gasteiger partial charge on any atom is -0.353 e. The van der Waals surface area contributed by atoms with Crippen LogP contribution in [0.3, 0.4) is 0 Å². The maximum absolute atomic E-state index is 12.6. The van der Waals surface area contributed by atoms with Crippen LogP contribution in [0.5, 0.6) is 0 Å². The number of fused-ring (bicyclic) bond motifs is 3. The number of amides is 2. The molecule has 3 unspecified atom stereocenters. The average Bonchev–Trinajstić information content (AvgIpc) is 3.21. The van der Waals surface area contributed by atoms with Crippen molar-refractivity contribution >= 4 is 11.8 Å². The van der Waals surface area contributed by atoms with E-state index in [0.717, 1.165) is 12.8 Å². The highest BCUT2D eigenvalue weighted by Crippen LogP contribution is 2.60. The van der Waals surface area contributed by atoms with Gasteiger partial charge in [0.15, 0.2) is 0 Å². The van der Waals surface area contributed by atoms with E-state index in [1.807, 2.05) is 0 Å². The summed E-state index contributed by atoms with van der Waals surface area (Å²) in [6.45, 7) is 1.47. The summed E-state index contributed by atoms with van der Waals surface area (Å²) in [5, 5.41) is 2.77. The molecule has 1 aliphatic heterocycles. The lowest BCUT2D eigenvalue weighted by Gasteiger charge is -2.27. The van der Waals surface area contributed by atoms with Gasteiger partial charge in [-0.1, -0.05) is 24.3 Å². The van der Waals surface area contributed by atoms with Crippen molar-refractivity contribution in [2.75, 3.05) is 19.6 Å². The lowest BCUT2D eigenvalue weighted by atomic mass is 9.92. The fourth-order valence-electron chi connectivity index (χ4n) is 3.94. The van der Waals surface area contributed by atoms with Gasteiger partial charge < -0.3 is 10.2 Å². The third-order valence-corrected chi connectivity index (χ3v) is 4.96. The molecular weight excluding hydrogens is 252 g/mol. The zero-order valence-electron chi connectivity index (χ0n) is 11.3. The number of benzene rings is 1. The summed E-state index contributed by atoms with van der Waals surface area (Å²) in [6.07, 6.45) is 2.19. The first-order valence-electron chi connectivity index (χ1n) is 7.39. The van der Waals surface area contributed by atoms with Crippen LogP contribution in [0.4, 0.5) is 0 Å². The summed E-state index contributed by atoms with van der Waals surface area (Å²) in [7, 11) is 0. The van der Waals surface area contributed by atoms with E-state index in [4.69, 9.17) is 0 Å². The molecule has 4 nitrogen and oxygen atoms in total. The van der Waals surface area contributed by atoms with Crippen molar-refractivity contribution in [3.05, 3.63) is 35.4 Å². The molecule has 0 spiro atoms. The number of hydrogen-bond donors (Lipinski definition) is 1. The molecule has 3 aliphatic rings. The Bertz CT molecular complexity index is 584. The monoisotopic (exact) mass is 270 g/mol. The van der Waals surface area contributed by atoms with Crippen molar-refractivity contribution in [2.24, 2.45) is 11.8 Å². The Labute approximate surface area is 118 Å². The van der Waals surface area contributed by atoms with Crippen molar-refractivity contribution in [1.29, 1.82) is 0 Å². The molecule has 4 heteroatoms. The molecule has 4 rings (SSSR count). The molecule has 1 heterocycles. The SMILES string of the molecule is O=C1CN(C(=O)C2C3CCc4ccccc4C32)CCN1. The van der Waals surface area contributed by atoms with Crippen molar-refractivity contribution in [2.45, 2.75) is 18.8 Å². The largest absolute Gasteiger partial charge is 0.353 e. The molecule has 104 valence electrons. The Hall–Kier alpha value is -1.84. The van der Waals surface area contributed by atoms with E-state index in [1.54, 1.807) is 4.90 Å². The van der Waals surface area contributed by atoms with Crippen LogP contribution in [0.2, 0.25) is 0 Å². The van der Waals surface area contributed by atoms with E-state index in [2.05, 4.69) is 29.6 Å². The average molecular weight is 270 g/mol. The summed E-state index contributed by atoms with van der Waals surface area (Å²) < 4.78 is 0. The van der Waals surface area contributed by atoms with Gasteiger partial charge in [0.05, 0.1) is 6.54 Å². The molecule has 1 saturated carbocycles. The minimum atomic E-state index is -0.0337. The maximum atomic E-state index is 12.6. The predicted molar refractivity (Wildman–Crippen MR) is 74.1 cm³/mol. The molecule has 0 bridgehead atoms. The molecule has 1 aromatic carbocycles. The quantitative estimate of drug-likeness (QED) is 0.825. The van der Waals surface area contributed by atoms with Crippen molar-refractivity contribution in [3.8, 4) is 0 Å². The predicted octanol–water partition coefficient (Wildman–Crippen LogP) is 0.921. The number of nitrogens with one attached hydrogen (secondary N) is 1. The Morgan fingerprint density at radius 1 is 1.30 bits per heavy atom. The molecule has 3 atom stereocenters. The van der Waals surface area contributed by atoms with Gasteiger partial charge in [-0.15, -0.1) is 0 Å². The Morgan fingerprint density at radius 2 is 2.15 bits per heavy atom. The van der Waals surface area contributed by atoms with E-state index in [1.165, 1.54) is 11.1 Å². The van der Waals surface area contributed by atoms with Crippen molar-refractivity contribution in [1.82, 2.24) is 10.2 Å². The van der Waals surface area contributed by atoms with E-state index < -0.39 is 0 Å². The summed E-state index contributed by atoms with van der Waals surface area (Å²) in [5.74, 6) is 1.17. The third-order valence-electron chi connectivity index (χ3n) is 4.96. The van der Waals surface area contributed by atoms with Crippen LogP contribution in [0.1, 0.15) is 23.5 Å². The first-order valence-corrected chi connectivity index (χ1v) is 7.39. The molecule has 1 N–H and O–H groups in total. The number of carbonyl (C=O) groups is 2. The number of aryl methyl sites for hydroxylation is 1. The molecule has 0 radical (unpaired) electrons. The summed E-state index contributed by atoms with van der Waals surface area (Å²) in [6, 6.07) is 8.49. The zero-order valence-corrected chi connectivity index (χ0v) is 11.3. The zero-order chi connectivity index (χ0) is 13.7. The van der Waals surface area contributed by atoms with Crippen LogP contribution in [0, 0.1) is 11.8 Å². The summed E-state index contributed by atoms with van der Waals surface area (Å²) in [5.41, 5.74) is 2.77. The molecule has 1 saturated heterocycles. The molecule has 1 aromatic rings. The number of nitrogens with zero attached hydrogens (tertiary/aromatic N) is 1. The Kier molecular flexibility index (Phi) is 2.59. The summed E-state index contributed by atoms with van der Waals surface area (Å²) in [4.78, 5) is 25.8. The van der Waals surface area contributed by atoms with Gasteiger partial charge in [-0.2, -0.15) is 0 Å². The van der Waals surface area contributed by atoms with E-state index in [-0.39, 0.29) is 24.3 Å². The van der Waals surface area contributed by atoms with Crippen LogP contribution >= 0.6 is 0 Å². The van der Waals surface area contributed by atoms with Gasteiger partial charge >= 0.3 is 0 Å². The van der Waals surface area contributed by atoms with Crippen molar-refractivity contribution in [3.63, 3.8) is 0 Å². The smallest absolute Gasteiger partial charge is 0.239 e. The Balaban J connectivity index is 1.55. The van der Waals surface area contributed by atoms with Gasteiger partial charge in [-0.25, -0.2) is 0 Å². The van der Waals surface area contributed by atoms with Crippen LogP contribution in [0.15, 0.2) is 24.3 Å². The molecule has 2 fully saturated rings. The van der Waals surface area contributed by atoms with Gasteiger partial charge in [-0.05, 0) is 35.8 Å². The first-order chi connectivity index (χ1) is 9.75. The van der Waals surface area contributed by atoms with Crippen LogP contribution < -0.4 is 5.32 Å². The molecule has 0 aromatic heterocycles. The van der Waals surface area contributed by atoms with Crippen LogP contribution in [0.25, 0.3) is 0 Å². The van der Waals surface area contributed by atoms with Crippen molar-refractivity contribution < 1.29 is 9.59 Å².